The lowest BCUT2D eigenvalue weighted by atomic mass is 10.1. The molecule has 0 aliphatic heterocycles. The Morgan fingerprint density at radius 1 is 0.552 bits per heavy atom. The summed E-state index contributed by atoms with van der Waals surface area (Å²) in [5, 5.41) is 2.26. The third-order valence-corrected chi connectivity index (χ3v) is 5.87. The van der Waals surface area contributed by atoms with E-state index in [2.05, 4.69) is 50.1 Å². The molecule has 0 atom stereocenters. The molecule has 0 aliphatic rings. The topological polar surface area (TPSA) is 12.5 Å². The second kappa shape index (κ2) is 19.1. The average Bonchev–Trinajstić information content (AvgIpc) is 2.76. The quantitative estimate of drug-likeness (QED) is 0.160. The fourth-order valence-corrected chi connectivity index (χ4v) is 3.77. The van der Waals surface area contributed by atoms with Gasteiger partial charge in [0.1, 0.15) is 0 Å². The van der Waals surface area contributed by atoms with Gasteiger partial charge in [0.2, 0.25) is 0 Å². The zero-order valence-electron chi connectivity index (χ0n) is 19.9. The van der Waals surface area contributed by atoms with E-state index in [9.17, 15) is 0 Å². The van der Waals surface area contributed by atoms with Gasteiger partial charge in [-0.3, -0.25) is 4.84 Å². The van der Waals surface area contributed by atoms with E-state index in [0.717, 1.165) is 19.5 Å². The van der Waals surface area contributed by atoms with E-state index in [1.165, 1.54) is 101 Å². The van der Waals surface area contributed by atoms with Crippen molar-refractivity contribution < 1.29 is 4.84 Å². The molecule has 168 valence electrons. The molecule has 0 radical (unpaired) electrons. The summed E-state index contributed by atoms with van der Waals surface area (Å²) in [5.41, 5.74) is 2.68. The predicted octanol–water partition coefficient (Wildman–Crippen LogP) is 8.48. The van der Waals surface area contributed by atoms with Crippen LogP contribution in [0.4, 0.5) is 0 Å². The van der Waals surface area contributed by atoms with Gasteiger partial charge >= 0.3 is 0 Å². The molecule has 2 nitrogen and oxygen atoms in total. The molecule has 1 aromatic rings. The summed E-state index contributed by atoms with van der Waals surface area (Å²) in [6, 6.07) is 8.90. The largest absolute Gasteiger partial charge is 0.294 e. The van der Waals surface area contributed by atoms with Gasteiger partial charge in [0.15, 0.2) is 0 Å². The second-order valence-electron chi connectivity index (χ2n) is 8.62. The number of hydroxylamine groups is 2. The van der Waals surface area contributed by atoms with Crippen LogP contribution in [0.3, 0.4) is 0 Å². The number of aryl methyl sites for hydroxylation is 1. The Kier molecular flexibility index (Phi) is 17.3. The lowest BCUT2D eigenvalue weighted by Crippen LogP contribution is -2.26. The van der Waals surface area contributed by atoms with Crippen LogP contribution in [0.1, 0.15) is 122 Å². The van der Waals surface area contributed by atoms with Crippen LogP contribution in [-0.2, 0) is 17.9 Å². The van der Waals surface area contributed by atoms with Gasteiger partial charge in [0, 0.05) is 13.1 Å². The Hall–Kier alpha value is -0.860. The fourth-order valence-electron chi connectivity index (χ4n) is 3.77. The molecule has 0 saturated heterocycles. The van der Waals surface area contributed by atoms with Crippen LogP contribution in [0.25, 0.3) is 0 Å². The van der Waals surface area contributed by atoms with E-state index in [1.54, 1.807) is 0 Å². The van der Waals surface area contributed by atoms with Crippen LogP contribution >= 0.6 is 0 Å². The molecule has 1 rings (SSSR count). The average molecular weight is 404 g/mol. The molecule has 0 amide bonds. The molecule has 0 fully saturated rings. The Morgan fingerprint density at radius 2 is 0.966 bits per heavy atom. The molecule has 0 aromatic heterocycles. The van der Waals surface area contributed by atoms with Crippen LogP contribution in [0.5, 0.6) is 0 Å². The minimum Gasteiger partial charge on any atom is -0.294 e. The van der Waals surface area contributed by atoms with Crippen LogP contribution in [0.15, 0.2) is 24.3 Å². The van der Waals surface area contributed by atoms with E-state index >= 15 is 0 Å². The van der Waals surface area contributed by atoms with Crippen molar-refractivity contribution in [3.05, 3.63) is 35.4 Å². The Bertz CT molecular complexity index is 438. The normalized spacial score (nSPS) is 11.4. The monoisotopic (exact) mass is 403 g/mol. The molecule has 0 bridgehead atoms. The third-order valence-electron chi connectivity index (χ3n) is 5.87. The van der Waals surface area contributed by atoms with Gasteiger partial charge in [-0.05, 0) is 30.4 Å². The van der Waals surface area contributed by atoms with Crippen molar-refractivity contribution >= 4 is 0 Å². The van der Waals surface area contributed by atoms with Crippen LogP contribution < -0.4 is 0 Å². The van der Waals surface area contributed by atoms with Crippen molar-refractivity contribution in [2.24, 2.45) is 0 Å². The van der Waals surface area contributed by atoms with Crippen molar-refractivity contribution in [3.63, 3.8) is 0 Å². The molecular formula is C27H49NO. The molecule has 0 N–H and O–H groups in total. The van der Waals surface area contributed by atoms with E-state index < -0.39 is 0 Å². The fraction of sp³-hybridized carbons (Fsp3) is 0.778. The lowest BCUT2D eigenvalue weighted by Gasteiger charge is -2.22. The van der Waals surface area contributed by atoms with E-state index in [4.69, 9.17) is 4.84 Å². The number of benzene rings is 1. The highest BCUT2D eigenvalue weighted by Crippen LogP contribution is 2.12. The van der Waals surface area contributed by atoms with Gasteiger partial charge in [-0.25, -0.2) is 0 Å². The maximum atomic E-state index is 6.23. The minimum absolute atomic E-state index is 0.705. The van der Waals surface area contributed by atoms with Crippen molar-refractivity contribution in [1.29, 1.82) is 0 Å². The molecular weight excluding hydrogens is 354 g/mol. The maximum Gasteiger partial charge on any atom is 0.0935 e. The highest BCUT2D eigenvalue weighted by atomic mass is 16.7. The Balaban J connectivity index is 2.28. The SMILES string of the molecule is CCCCCCCCCN(CCCCCCCCC)OCc1ccc(CC)cc1. The molecule has 1 aromatic carbocycles. The van der Waals surface area contributed by atoms with Crippen LogP contribution in [0.2, 0.25) is 0 Å². The first-order valence-corrected chi connectivity index (χ1v) is 12.8. The Labute approximate surface area is 182 Å². The molecule has 2 heteroatoms. The van der Waals surface area contributed by atoms with Gasteiger partial charge in [-0.2, -0.15) is 5.06 Å². The summed E-state index contributed by atoms with van der Waals surface area (Å²) in [5.74, 6) is 0. The highest BCUT2D eigenvalue weighted by Gasteiger charge is 2.06. The summed E-state index contributed by atoms with van der Waals surface area (Å²) in [7, 11) is 0. The first-order chi connectivity index (χ1) is 14.3. The summed E-state index contributed by atoms with van der Waals surface area (Å²) in [6.07, 6.45) is 20.1. The van der Waals surface area contributed by atoms with Crippen LogP contribution in [0, 0.1) is 0 Å². The predicted molar refractivity (Wildman–Crippen MR) is 128 cm³/mol. The summed E-state index contributed by atoms with van der Waals surface area (Å²) >= 11 is 0. The van der Waals surface area contributed by atoms with Crippen molar-refractivity contribution in [2.75, 3.05) is 13.1 Å². The van der Waals surface area contributed by atoms with E-state index in [-0.39, 0.29) is 0 Å². The number of unbranched alkanes of at least 4 members (excludes halogenated alkanes) is 12. The summed E-state index contributed by atoms with van der Waals surface area (Å²) < 4.78 is 0. The second-order valence-corrected chi connectivity index (χ2v) is 8.62. The van der Waals surface area contributed by atoms with Gasteiger partial charge in [-0.15, -0.1) is 0 Å². The maximum absolute atomic E-state index is 6.23. The van der Waals surface area contributed by atoms with Gasteiger partial charge in [0.05, 0.1) is 6.61 Å². The summed E-state index contributed by atoms with van der Waals surface area (Å²) in [4.78, 5) is 6.23. The number of nitrogens with zero attached hydrogens (tertiary/aromatic N) is 1. The Morgan fingerprint density at radius 3 is 1.41 bits per heavy atom. The van der Waals surface area contributed by atoms with E-state index in [1.807, 2.05) is 0 Å². The molecule has 29 heavy (non-hydrogen) atoms. The number of rotatable bonds is 20. The number of hydrogen-bond donors (Lipinski definition) is 0. The first kappa shape index (κ1) is 26.2. The highest BCUT2D eigenvalue weighted by molar-refractivity contribution is 5.21. The zero-order valence-corrected chi connectivity index (χ0v) is 19.9. The molecule has 0 saturated carbocycles. The number of hydrogen-bond acceptors (Lipinski definition) is 2. The van der Waals surface area contributed by atoms with Gasteiger partial charge in [0.25, 0.3) is 0 Å². The van der Waals surface area contributed by atoms with Gasteiger partial charge < -0.3 is 0 Å². The van der Waals surface area contributed by atoms with Crippen molar-refractivity contribution in [2.45, 2.75) is 124 Å². The molecule has 0 unspecified atom stereocenters. The van der Waals surface area contributed by atoms with E-state index in [0.29, 0.717) is 6.61 Å². The smallest absolute Gasteiger partial charge is 0.0935 e. The minimum atomic E-state index is 0.705. The standard InChI is InChI=1S/C27H49NO/c1-4-7-9-11-13-15-17-23-28(24-18-16-14-12-10-8-5-2)29-25-27-21-19-26(6-3)20-22-27/h19-22H,4-18,23-25H2,1-3H3. The summed E-state index contributed by atoms with van der Waals surface area (Å²) in [6.45, 7) is 9.64. The molecule has 0 spiro atoms. The molecule has 0 heterocycles. The van der Waals surface area contributed by atoms with Crippen molar-refractivity contribution in [3.8, 4) is 0 Å². The first-order valence-electron chi connectivity index (χ1n) is 12.8. The molecule has 0 aliphatic carbocycles. The van der Waals surface area contributed by atoms with Crippen LogP contribution in [-0.4, -0.2) is 18.2 Å². The third kappa shape index (κ3) is 14.7. The van der Waals surface area contributed by atoms with Crippen molar-refractivity contribution in [1.82, 2.24) is 5.06 Å². The van der Waals surface area contributed by atoms with Gasteiger partial charge in [-0.1, -0.05) is 122 Å². The lowest BCUT2D eigenvalue weighted by molar-refractivity contribution is -0.171. The zero-order chi connectivity index (χ0) is 21.0.